The summed E-state index contributed by atoms with van der Waals surface area (Å²) in [6.45, 7) is 1.49. The minimum atomic E-state index is -0.897. The standard InChI is InChI=1S/C24H21Cl2NO4/c1-15(28)20-11-18(26)8-10-23(20)31-14-19(29)13-27-22-9-7-17(25)12-21(22)24(30)16-5-3-2-4-6-16/h2-12,19,27,29H,13-14H2,1H3. The Balaban J connectivity index is 1.67. The first-order valence-electron chi connectivity index (χ1n) is 9.59. The van der Waals surface area contributed by atoms with Crippen molar-refractivity contribution in [2.75, 3.05) is 18.5 Å². The van der Waals surface area contributed by atoms with Gasteiger partial charge in [0, 0.05) is 33.4 Å². The van der Waals surface area contributed by atoms with Crippen LogP contribution in [0, 0.1) is 0 Å². The lowest BCUT2D eigenvalue weighted by Crippen LogP contribution is -2.27. The number of Topliss-reactive ketones (excluding diaryl/α,β-unsaturated/α-hetero) is 1. The second kappa shape index (κ2) is 10.4. The lowest BCUT2D eigenvalue weighted by atomic mass is 10.0. The Labute approximate surface area is 190 Å². The van der Waals surface area contributed by atoms with E-state index in [1.54, 1.807) is 54.6 Å². The first-order chi connectivity index (χ1) is 14.8. The molecule has 0 saturated heterocycles. The molecule has 0 heterocycles. The number of ketones is 2. The van der Waals surface area contributed by atoms with Gasteiger partial charge in [-0.25, -0.2) is 0 Å². The molecule has 3 rings (SSSR count). The van der Waals surface area contributed by atoms with Crippen molar-refractivity contribution in [3.63, 3.8) is 0 Å². The number of aliphatic hydroxyl groups excluding tert-OH is 1. The number of hydrogen-bond acceptors (Lipinski definition) is 5. The zero-order valence-corrected chi connectivity index (χ0v) is 18.3. The van der Waals surface area contributed by atoms with Gasteiger partial charge >= 0.3 is 0 Å². The van der Waals surface area contributed by atoms with Crippen molar-refractivity contribution in [2.45, 2.75) is 13.0 Å². The summed E-state index contributed by atoms with van der Waals surface area (Å²) in [5.41, 5.74) is 1.84. The normalized spacial score (nSPS) is 11.6. The van der Waals surface area contributed by atoms with Gasteiger partial charge in [-0.15, -0.1) is 0 Å². The van der Waals surface area contributed by atoms with E-state index in [0.717, 1.165) is 0 Å². The minimum absolute atomic E-state index is 0.0511. The first kappa shape index (κ1) is 22.8. The summed E-state index contributed by atoms with van der Waals surface area (Å²) in [7, 11) is 0. The van der Waals surface area contributed by atoms with Gasteiger partial charge in [-0.2, -0.15) is 0 Å². The van der Waals surface area contributed by atoms with E-state index in [1.165, 1.54) is 13.0 Å². The van der Waals surface area contributed by atoms with E-state index in [0.29, 0.717) is 38.2 Å². The number of halogens is 2. The van der Waals surface area contributed by atoms with Crippen molar-refractivity contribution in [1.29, 1.82) is 0 Å². The molecule has 0 radical (unpaired) electrons. The van der Waals surface area contributed by atoms with Crippen molar-refractivity contribution in [3.8, 4) is 5.75 Å². The molecule has 1 atom stereocenters. The van der Waals surface area contributed by atoms with Crippen LogP contribution in [-0.4, -0.2) is 35.9 Å². The molecule has 0 aromatic heterocycles. The number of nitrogens with one attached hydrogen (secondary N) is 1. The van der Waals surface area contributed by atoms with Crippen molar-refractivity contribution >= 4 is 40.5 Å². The second-order valence-electron chi connectivity index (χ2n) is 6.93. The predicted molar refractivity (Wildman–Crippen MR) is 123 cm³/mol. The summed E-state index contributed by atoms with van der Waals surface area (Å²) >= 11 is 12.0. The Bertz CT molecular complexity index is 1090. The quantitative estimate of drug-likeness (QED) is 0.427. The van der Waals surface area contributed by atoms with Gasteiger partial charge in [-0.1, -0.05) is 53.5 Å². The van der Waals surface area contributed by atoms with Gasteiger partial charge in [0.2, 0.25) is 0 Å². The number of ether oxygens (including phenoxy) is 1. The van der Waals surface area contributed by atoms with E-state index in [2.05, 4.69) is 5.32 Å². The lowest BCUT2D eigenvalue weighted by Gasteiger charge is -2.17. The van der Waals surface area contributed by atoms with Crippen molar-refractivity contribution in [1.82, 2.24) is 0 Å². The van der Waals surface area contributed by atoms with Crippen LogP contribution in [0.3, 0.4) is 0 Å². The van der Waals surface area contributed by atoms with Crippen LogP contribution in [0.2, 0.25) is 10.0 Å². The van der Waals surface area contributed by atoms with E-state index in [9.17, 15) is 14.7 Å². The fraction of sp³-hybridized carbons (Fsp3) is 0.167. The first-order valence-corrected chi connectivity index (χ1v) is 10.3. The molecule has 31 heavy (non-hydrogen) atoms. The molecule has 5 nitrogen and oxygen atoms in total. The summed E-state index contributed by atoms with van der Waals surface area (Å²) in [5.74, 6) is -0.0127. The summed E-state index contributed by atoms with van der Waals surface area (Å²) < 4.78 is 5.61. The number of anilines is 1. The highest BCUT2D eigenvalue weighted by Crippen LogP contribution is 2.25. The van der Waals surface area contributed by atoms with Gasteiger partial charge in [0.25, 0.3) is 0 Å². The Morgan fingerprint density at radius 2 is 1.61 bits per heavy atom. The van der Waals surface area contributed by atoms with E-state index >= 15 is 0 Å². The van der Waals surface area contributed by atoms with Crippen LogP contribution in [0.15, 0.2) is 66.7 Å². The average molecular weight is 458 g/mol. The fourth-order valence-corrected chi connectivity index (χ4v) is 3.32. The lowest BCUT2D eigenvalue weighted by molar-refractivity contribution is 0.0991. The number of rotatable bonds is 9. The molecule has 0 aliphatic rings. The SMILES string of the molecule is CC(=O)c1cc(Cl)ccc1OCC(O)CNc1ccc(Cl)cc1C(=O)c1ccccc1. The predicted octanol–water partition coefficient (Wildman–Crippen LogP) is 5.28. The summed E-state index contributed by atoms with van der Waals surface area (Å²) in [6, 6.07) is 18.6. The molecule has 0 aliphatic carbocycles. The maximum Gasteiger partial charge on any atom is 0.195 e. The Morgan fingerprint density at radius 3 is 2.29 bits per heavy atom. The van der Waals surface area contributed by atoms with Gasteiger partial charge in [0.15, 0.2) is 11.6 Å². The van der Waals surface area contributed by atoms with E-state index < -0.39 is 6.10 Å². The van der Waals surface area contributed by atoms with Gasteiger partial charge < -0.3 is 15.2 Å². The van der Waals surface area contributed by atoms with Crippen molar-refractivity contribution in [2.24, 2.45) is 0 Å². The summed E-state index contributed by atoms with van der Waals surface area (Å²) in [5, 5.41) is 14.3. The zero-order chi connectivity index (χ0) is 22.4. The van der Waals surface area contributed by atoms with Gasteiger partial charge in [-0.3, -0.25) is 9.59 Å². The van der Waals surface area contributed by atoms with Crippen molar-refractivity contribution in [3.05, 3.63) is 93.5 Å². The largest absolute Gasteiger partial charge is 0.490 e. The number of carbonyl (C=O) groups excluding carboxylic acids is 2. The monoisotopic (exact) mass is 457 g/mol. The topological polar surface area (TPSA) is 75.6 Å². The third-order valence-electron chi connectivity index (χ3n) is 4.54. The third kappa shape index (κ3) is 6.07. The van der Waals surface area contributed by atoms with Crippen LogP contribution in [0.25, 0.3) is 0 Å². The van der Waals surface area contributed by atoms with Gasteiger partial charge in [0.05, 0.1) is 5.56 Å². The Morgan fingerprint density at radius 1 is 0.968 bits per heavy atom. The zero-order valence-electron chi connectivity index (χ0n) is 16.8. The molecule has 7 heteroatoms. The molecule has 1 unspecified atom stereocenters. The maximum atomic E-state index is 12.9. The van der Waals surface area contributed by atoms with Crippen molar-refractivity contribution < 1.29 is 19.4 Å². The molecular weight excluding hydrogens is 437 g/mol. The Kier molecular flexibility index (Phi) is 7.69. The molecule has 0 fully saturated rings. The molecule has 160 valence electrons. The molecule has 3 aromatic carbocycles. The number of hydrogen-bond donors (Lipinski definition) is 2. The third-order valence-corrected chi connectivity index (χ3v) is 5.01. The second-order valence-corrected chi connectivity index (χ2v) is 7.80. The number of carbonyl (C=O) groups is 2. The molecule has 2 N–H and O–H groups in total. The highest BCUT2D eigenvalue weighted by atomic mass is 35.5. The number of aliphatic hydroxyl groups is 1. The molecule has 0 bridgehead atoms. The molecule has 0 spiro atoms. The fourth-order valence-electron chi connectivity index (χ4n) is 2.98. The molecule has 0 aliphatic heterocycles. The van der Waals surface area contributed by atoms with Crippen LogP contribution in [0.5, 0.6) is 5.75 Å². The van der Waals surface area contributed by atoms with E-state index in [-0.39, 0.29) is 24.7 Å². The van der Waals surface area contributed by atoms with Gasteiger partial charge in [0.1, 0.15) is 18.5 Å². The van der Waals surface area contributed by atoms with Crippen LogP contribution < -0.4 is 10.1 Å². The minimum Gasteiger partial charge on any atom is -0.490 e. The van der Waals surface area contributed by atoms with Crippen LogP contribution in [0.1, 0.15) is 33.2 Å². The Hall–Kier alpha value is -2.86. The van der Waals surface area contributed by atoms with E-state index in [4.69, 9.17) is 27.9 Å². The summed E-state index contributed by atoms with van der Waals surface area (Å²) in [6.07, 6.45) is -0.897. The van der Waals surface area contributed by atoms with Crippen LogP contribution in [0.4, 0.5) is 5.69 Å². The molecule has 0 amide bonds. The molecule has 0 saturated carbocycles. The summed E-state index contributed by atoms with van der Waals surface area (Å²) in [4.78, 5) is 24.6. The highest BCUT2D eigenvalue weighted by Gasteiger charge is 2.16. The maximum absolute atomic E-state index is 12.9. The van der Waals surface area contributed by atoms with E-state index in [1.807, 2.05) is 6.07 Å². The average Bonchev–Trinajstić information content (AvgIpc) is 2.77. The molecule has 3 aromatic rings. The van der Waals surface area contributed by atoms with Crippen LogP contribution >= 0.6 is 23.2 Å². The highest BCUT2D eigenvalue weighted by molar-refractivity contribution is 6.31. The number of benzene rings is 3. The van der Waals surface area contributed by atoms with Crippen LogP contribution in [-0.2, 0) is 0 Å². The smallest absolute Gasteiger partial charge is 0.195 e. The molecular formula is C24H21Cl2NO4. The van der Waals surface area contributed by atoms with Gasteiger partial charge in [-0.05, 0) is 43.3 Å².